The zero-order chi connectivity index (χ0) is 13.7. The summed E-state index contributed by atoms with van der Waals surface area (Å²) in [7, 11) is 0. The van der Waals surface area contributed by atoms with Gasteiger partial charge in [-0.3, -0.25) is 4.79 Å². The highest BCUT2D eigenvalue weighted by Crippen LogP contribution is 2.09. The van der Waals surface area contributed by atoms with Crippen LogP contribution in [0.15, 0.2) is 23.6 Å². The van der Waals surface area contributed by atoms with Crippen molar-refractivity contribution in [2.45, 2.75) is 20.4 Å². The Morgan fingerprint density at radius 2 is 2.21 bits per heavy atom. The molecule has 0 fully saturated rings. The van der Waals surface area contributed by atoms with Crippen LogP contribution in [-0.2, 0) is 6.54 Å². The van der Waals surface area contributed by atoms with Crippen LogP contribution in [0.5, 0.6) is 0 Å². The van der Waals surface area contributed by atoms with Crippen LogP contribution < -0.4 is 10.6 Å². The number of rotatable bonds is 5. The molecule has 2 N–H and O–H groups in total. The first-order valence-electron chi connectivity index (χ1n) is 6.09. The SMILES string of the molecule is CCNc1cccc(C(=O)NCc2nc(C)cs2)n1. The second-order valence-corrected chi connectivity index (χ2v) is 4.95. The van der Waals surface area contributed by atoms with Crippen molar-refractivity contribution in [3.8, 4) is 0 Å². The number of pyridine rings is 1. The molecular weight excluding hydrogens is 260 g/mol. The van der Waals surface area contributed by atoms with E-state index in [1.54, 1.807) is 6.07 Å². The third kappa shape index (κ3) is 3.75. The highest BCUT2D eigenvalue weighted by Gasteiger charge is 2.08. The molecule has 0 aliphatic rings. The standard InChI is InChI=1S/C13H16N4OS/c1-3-14-11-6-4-5-10(17-11)13(18)15-7-12-16-9(2)8-19-12/h4-6,8H,3,7H2,1-2H3,(H,14,17)(H,15,18). The van der Waals surface area contributed by atoms with Gasteiger partial charge in [0.25, 0.3) is 5.91 Å². The molecule has 6 heteroatoms. The number of thiazole rings is 1. The van der Waals surface area contributed by atoms with Gasteiger partial charge in [-0.05, 0) is 26.0 Å². The smallest absolute Gasteiger partial charge is 0.270 e. The molecule has 19 heavy (non-hydrogen) atoms. The maximum atomic E-state index is 12.0. The predicted molar refractivity (Wildman–Crippen MR) is 76.4 cm³/mol. The number of nitrogens with zero attached hydrogens (tertiary/aromatic N) is 2. The van der Waals surface area contributed by atoms with E-state index >= 15 is 0 Å². The molecule has 0 saturated heterocycles. The van der Waals surface area contributed by atoms with Gasteiger partial charge in [0.15, 0.2) is 0 Å². The fourth-order valence-corrected chi connectivity index (χ4v) is 2.28. The summed E-state index contributed by atoms with van der Waals surface area (Å²) in [5, 5.41) is 8.76. The zero-order valence-electron chi connectivity index (χ0n) is 10.9. The van der Waals surface area contributed by atoms with Crippen LogP contribution in [0.2, 0.25) is 0 Å². The molecule has 2 aromatic rings. The maximum absolute atomic E-state index is 12.0. The lowest BCUT2D eigenvalue weighted by Gasteiger charge is -2.05. The molecule has 0 aliphatic heterocycles. The molecule has 2 rings (SSSR count). The van der Waals surface area contributed by atoms with Gasteiger partial charge in [-0.2, -0.15) is 0 Å². The molecule has 0 aromatic carbocycles. The fourth-order valence-electron chi connectivity index (χ4n) is 1.57. The minimum atomic E-state index is -0.187. The summed E-state index contributed by atoms with van der Waals surface area (Å²) in [6.45, 7) is 5.13. The molecule has 0 saturated carbocycles. The first kappa shape index (κ1) is 13.5. The summed E-state index contributed by atoms with van der Waals surface area (Å²) in [5.41, 5.74) is 1.38. The largest absolute Gasteiger partial charge is 0.370 e. The van der Waals surface area contributed by atoms with E-state index < -0.39 is 0 Å². The monoisotopic (exact) mass is 276 g/mol. The Morgan fingerprint density at radius 3 is 2.89 bits per heavy atom. The van der Waals surface area contributed by atoms with Crippen LogP contribution in [-0.4, -0.2) is 22.4 Å². The molecule has 1 amide bonds. The summed E-state index contributed by atoms with van der Waals surface area (Å²) in [6, 6.07) is 5.35. The van der Waals surface area contributed by atoms with E-state index in [0.29, 0.717) is 18.1 Å². The number of carbonyl (C=O) groups is 1. The van der Waals surface area contributed by atoms with Crippen molar-refractivity contribution in [2.75, 3.05) is 11.9 Å². The molecule has 0 atom stereocenters. The Labute approximate surface area is 116 Å². The van der Waals surface area contributed by atoms with E-state index in [2.05, 4.69) is 20.6 Å². The van der Waals surface area contributed by atoms with Gasteiger partial charge >= 0.3 is 0 Å². The number of carbonyl (C=O) groups excluding carboxylic acids is 1. The number of anilines is 1. The summed E-state index contributed by atoms with van der Waals surface area (Å²) in [4.78, 5) is 20.5. The zero-order valence-corrected chi connectivity index (χ0v) is 11.8. The van der Waals surface area contributed by atoms with Crippen molar-refractivity contribution in [1.82, 2.24) is 15.3 Å². The van der Waals surface area contributed by atoms with Gasteiger partial charge in [0, 0.05) is 17.6 Å². The number of aryl methyl sites for hydroxylation is 1. The van der Waals surface area contributed by atoms with E-state index in [9.17, 15) is 4.79 Å². The molecule has 0 aliphatic carbocycles. The number of hydrogen-bond donors (Lipinski definition) is 2. The number of amides is 1. The average Bonchev–Trinajstić information content (AvgIpc) is 2.82. The maximum Gasteiger partial charge on any atom is 0.270 e. The summed E-state index contributed by atoms with van der Waals surface area (Å²) in [6.07, 6.45) is 0. The van der Waals surface area contributed by atoms with Crippen LogP contribution >= 0.6 is 11.3 Å². The van der Waals surface area contributed by atoms with Crippen molar-refractivity contribution < 1.29 is 4.79 Å². The Bertz CT molecular complexity index is 567. The van der Waals surface area contributed by atoms with Gasteiger partial charge in [-0.15, -0.1) is 11.3 Å². The molecule has 5 nitrogen and oxygen atoms in total. The topological polar surface area (TPSA) is 66.9 Å². The molecule has 2 aromatic heterocycles. The second-order valence-electron chi connectivity index (χ2n) is 4.00. The third-order valence-corrected chi connectivity index (χ3v) is 3.37. The Balaban J connectivity index is 1.97. The Kier molecular flexibility index (Phi) is 4.46. The summed E-state index contributed by atoms with van der Waals surface area (Å²) >= 11 is 1.54. The lowest BCUT2D eigenvalue weighted by molar-refractivity contribution is 0.0946. The van der Waals surface area contributed by atoms with E-state index in [1.165, 1.54) is 11.3 Å². The Morgan fingerprint density at radius 1 is 1.37 bits per heavy atom. The van der Waals surface area contributed by atoms with Gasteiger partial charge < -0.3 is 10.6 Å². The van der Waals surface area contributed by atoms with Crippen molar-refractivity contribution in [2.24, 2.45) is 0 Å². The van der Waals surface area contributed by atoms with Gasteiger partial charge in [-0.1, -0.05) is 6.07 Å². The van der Waals surface area contributed by atoms with Gasteiger partial charge in [-0.25, -0.2) is 9.97 Å². The van der Waals surface area contributed by atoms with Crippen molar-refractivity contribution in [3.63, 3.8) is 0 Å². The van der Waals surface area contributed by atoms with Gasteiger partial charge in [0.2, 0.25) is 0 Å². The summed E-state index contributed by atoms with van der Waals surface area (Å²) in [5.74, 6) is 0.521. The van der Waals surface area contributed by atoms with Crippen LogP contribution in [0.3, 0.4) is 0 Å². The van der Waals surface area contributed by atoms with E-state index in [0.717, 1.165) is 17.2 Å². The molecule has 100 valence electrons. The molecule has 2 heterocycles. The minimum Gasteiger partial charge on any atom is -0.370 e. The van der Waals surface area contributed by atoms with E-state index in [1.807, 2.05) is 31.4 Å². The lowest BCUT2D eigenvalue weighted by atomic mass is 10.3. The molecular formula is C13H16N4OS. The highest BCUT2D eigenvalue weighted by atomic mass is 32.1. The van der Waals surface area contributed by atoms with E-state index in [-0.39, 0.29) is 5.91 Å². The first-order chi connectivity index (χ1) is 9.19. The van der Waals surface area contributed by atoms with Crippen LogP contribution in [0.25, 0.3) is 0 Å². The average molecular weight is 276 g/mol. The molecule has 0 spiro atoms. The normalized spacial score (nSPS) is 10.2. The van der Waals surface area contributed by atoms with Crippen LogP contribution in [0.1, 0.15) is 28.1 Å². The first-order valence-corrected chi connectivity index (χ1v) is 6.97. The summed E-state index contributed by atoms with van der Waals surface area (Å²) < 4.78 is 0. The van der Waals surface area contributed by atoms with Gasteiger partial charge in [0.1, 0.15) is 16.5 Å². The van der Waals surface area contributed by atoms with Crippen molar-refractivity contribution in [1.29, 1.82) is 0 Å². The molecule has 0 radical (unpaired) electrons. The van der Waals surface area contributed by atoms with Crippen molar-refractivity contribution >= 4 is 23.1 Å². The minimum absolute atomic E-state index is 0.187. The molecule has 0 bridgehead atoms. The van der Waals surface area contributed by atoms with Crippen LogP contribution in [0.4, 0.5) is 5.82 Å². The highest BCUT2D eigenvalue weighted by molar-refractivity contribution is 7.09. The fraction of sp³-hybridized carbons (Fsp3) is 0.308. The second kappa shape index (κ2) is 6.29. The number of aromatic nitrogens is 2. The van der Waals surface area contributed by atoms with Crippen molar-refractivity contribution in [3.05, 3.63) is 40.0 Å². The number of nitrogens with one attached hydrogen (secondary N) is 2. The quantitative estimate of drug-likeness (QED) is 0.878. The predicted octanol–water partition coefficient (Wildman–Crippen LogP) is 2.21. The van der Waals surface area contributed by atoms with Crippen LogP contribution in [0, 0.1) is 6.92 Å². The third-order valence-electron chi connectivity index (χ3n) is 2.41. The molecule has 0 unspecified atom stereocenters. The van der Waals surface area contributed by atoms with Gasteiger partial charge in [0.05, 0.1) is 6.54 Å². The lowest BCUT2D eigenvalue weighted by Crippen LogP contribution is -2.24. The van der Waals surface area contributed by atoms with E-state index in [4.69, 9.17) is 0 Å². The Hall–Kier alpha value is -1.95. The number of hydrogen-bond acceptors (Lipinski definition) is 5.